The zero-order chi connectivity index (χ0) is 20.8. The zero-order valence-electron chi connectivity index (χ0n) is 15.7. The summed E-state index contributed by atoms with van der Waals surface area (Å²) in [6, 6.07) is 7.01. The van der Waals surface area contributed by atoms with Crippen LogP contribution >= 0.6 is 11.6 Å². The van der Waals surface area contributed by atoms with Crippen LogP contribution in [0.15, 0.2) is 35.3 Å². The molecule has 1 aliphatic rings. The fourth-order valence-electron chi connectivity index (χ4n) is 3.60. The first-order chi connectivity index (χ1) is 14.6. The number of aromatic nitrogens is 5. The first-order valence-corrected chi connectivity index (χ1v) is 9.50. The Bertz CT molecular complexity index is 1350. The van der Waals surface area contributed by atoms with Gasteiger partial charge < -0.3 is 20.4 Å². The second-order valence-electron chi connectivity index (χ2n) is 6.66. The molecular formula is C19H16ClN7O3. The number of methoxy groups -OCH3 is 1. The summed E-state index contributed by atoms with van der Waals surface area (Å²) in [6.07, 6.45) is 1.57. The van der Waals surface area contributed by atoms with Crippen LogP contribution in [0.4, 0.5) is 11.4 Å². The zero-order valence-corrected chi connectivity index (χ0v) is 16.5. The number of hydrogen-bond donors (Lipinski definition) is 4. The van der Waals surface area contributed by atoms with E-state index in [1.165, 1.54) is 7.11 Å². The van der Waals surface area contributed by atoms with E-state index in [1.807, 2.05) is 0 Å². The number of hydrogen-bond acceptors (Lipinski definition) is 6. The Morgan fingerprint density at radius 3 is 2.93 bits per heavy atom. The number of nitrogens with zero attached hydrogens (tertiary/aromatic N) is 3. The average Bonchev–Trinajstić information content (AvgIpc) is 3.28. The highest BCUT2D eigenvalue weighted by Gasteiger charge is 2.29. The van der Waals surface area contributed by atoms with Gasteiger partial charge in [-0.15, -0.1) is 0 Å². The Morgan fingerprint density at radius 2 is 2.10 bits per heavy atom. The molecule has 0 bridgehead atoms. The number of H-pyrrole nitrogens is 2. The Kier molecular flexibility index (Phi) is 4.21. The van der Waals surface area contributed by atoms with Gasteiger partial charge in [-0.05, 0) is 18.2 Å². The number of pyridine rings is 1. The monoisotopic (exact) mass is 425 g/mol. The van der Waals surface area contributed by atoms with E-state index in [0.717, 1.165) is 0 Å². The summed E-state index contributed by atoms with van der Waals surface area (Å²) in [5, 5.41) is 11.2. The molecule has 3 aromatic heterocycles. The van der Waals surface area contributed by atoms with Gasteiger partial charge >= 0.3 is 5.69 Å². The van der Waals surface area contributed by atoms with E-state index in [9.17, 15) is 9.59 Å². The summed E-state index contributed by atoms with van der Waals surface area (Å²) in [4.78, 5) is 34.1. The first kappa shape index (κ1) is 18.3. The van der Waals surface area contributed by atoms with E-state index in [0.29, 0.717) is 63.4 Å². The number of benzene rings is 1. The van der Waals surface area contributed by atoms with Crippen molar-refractivity contribution in [2.45, 2.75) is 6.54 Å². The Morgan fingerprint density at radius 1 is 1.23 bits per heavy atom. The molecule has 30 heavy (non-hydrogen) atoms. The predicted molar refractivity (Wildman–Crippen MR) is 112 cm³/mol. The number of halogens is 1. The molecule has 1 aliphatic heterocycles. The van der Waals surface area contributed by atoms with Crippen molar-refractivity contribution in [1.29, 1.82) is 0 Å². The molecule has 0 radical (unpaired) electrons. The molecule has 4 aromatic rings. The van der Waals surface area contributed by atoms with Gasteiger partial charge in [-0.2, -0.15) is 5.10 Å². The van der Waals surface area contributed by atoms with Gasteiger partial charge in [-0.3, -0.25) is 14.5 Å². The molecule has 0 saturated heterocycles. The van der Waals surface area contributed by atoms with E-state index in [4.69, 9.17) is 16.3 Å². The van der Waals surface area contributed by atoms with Crippen molar-refractivity contribution in [2.75, 3.05) is 19.0 Å². The Hall–Kier alpha value is -3.79. The van der Waals surface area contributed by atoms with Crippen LogP contribution < -0.4 is 21.1 Å². The van der Waals surface area contributed by atoms with E-state index in [-0.39, 0.29) is 11.6 Å². The van der Waals surface area contributed by atoms with Crippen molar-refractivity contribution in [3.63, 3.8) is 0 Å². The number of rotatable bonds is 4. The molecule has 0 fully saturated rings. The molecule has 0 saturated carbocycles. The maximum atomic E-state index is 12.7. The highest BCUT2D eigenvalue weighted by Crippen LogP contribution is 2.40. The number of carbonyl (C=O) groups excluding carboxylic acids is 1. The van der Waals surface area contributed by atoms with Crippen LogP contribution in [0.5, 0.6) is 5.75 Å². The summed E-state index contributed by atoms with van der Waals surface area (Å²) in [6.45, 7) is 0.986. The number of fused-ring (bicyclic) bond motifs is 2. The summed E-state index contributed by atoms with van der Waals surface area (Å²) in [5.74, 6) is 0.188. The van der Waals surface area contributed by atoms with Gasteiger partial charge in [0.25, 0.3) is 5.91 Å². The van der Waals surface area contributed by atoms with E-state index in [1.54, 1.807) is 35.1 Å². The van der Waals surface area contributed by atoms with Gasteiger partial charge in [0.2, 0.25) is 0 Å². The minimum absolute atomic E-state index is 0.253. The number of para-hydroxylation sites is 1. The molecule has 0 atom stereocenters. The van der Waals surface area contributed by atoms with E-state index >= 15 is 0 Å². The molecule has 0 aliphatic carbocycles. The van der Waals surface area contributed by atoms with Crippen LogP contribution in [0.3, 0.4) is 0 Å². The Labute approximate surface area is 174 Å². The largest absolute Gasteiger partial charge is 0.493 e. The standard InChI is InChI=1S/C19H16ClN7O3/c1-30-16-10(20)3-2-4-11(16)23-14-12(26-27-8-7-22-18(28)15(14)27)9-5-6-21-17-13(9)24-19(29)25-17/h2-6,23H,7-8H2,1H3,(H,22,28)(H2,21,24,25,29). The molecule has 11 heteroatoms. The fourth-order valence-corrected chi connectivity index (χ4v) is 3.85. The van der Waals surface area contributed by atoms with Gasteiger partial charge in [0.05, 0.1) is 35.6 Å². The minimum Gasteiger partial charge on any atom is -0.493 e. The summed E-state index contributed by atoms with van der Waals surface area (Å²) < 4.78 is 7.07. The molecule has 152 valence electrons. The molecule has 4 heterocycles. The average molecular weight is 426 g/mol. The molecule has 5 rings (SSSR count). The van der Waals surface area contributed by atoms with E-state index < -0.39 is 0 Å². The number of imidazole rings is 1. The number of anilines is 2. The third-order valence-corrected chi connectivity index (χ3v) is 5.18. The number of amides is 1. The number of nitrogens with one attached hydrogen (secondary N) is 4. The quantitative estimate of drug-likeness (QED) is 0.397. The number of ether oxygens (including phenoxy) is 1. The lowest BCUT2D eigenvalue weighted by molar-refractivity contribution is 0.0925. The van der Waals surface area contributed by atoms with Crippen molar-refractivity contribution >= 4 is 40.0 Å². The van der Waals surface area contributed by atoms with Crippen LogP contribution in [0.25, 0.3) is 22.4 Å². The summed E-state index contributed by atoms with van der Waals surface area (Å²) in [5.41, 5.74) is 3.07. The Balaban J connectivity index is 1.76. The first-order valence-electron chi connectivity index (χ1n) is 9.12. The normalized spacial score (nSPS) is 13.2. The topological polar surface area (TPSA) is 130 Å². The van der Waals surface area contributed by atoms with Crippen LogP contribution in [0, 0.1) is 0 Å². The molecule has 1 aromatic carbocycles. The molecule has 1 amide bonds. The highest BCUT2D eigenvalue weighted by molar-refractivity contribution is 6.32. The molecule has 4 N–H and O–H groups in total. The summed E-state index contributed by atoms with van der Waals surface area (Å²) >= 11 is 6.26. The number of carbonyl (C=O) groups is 1. The maximum Gasteiger partial charge on any atom is 0.325 e. The molecule has 10 nitrogen and oxygen atoms in total. The van der Waals surface area contributed by atoms with Gasteiger partial charge in [0.1, 0.15) is 11.4 Å². The van der Waals surface area contributed by atoms with Crippen molar-refractivity contribution in [3.8, 4) is 17.0 Å². The number of aromatic amines is 2. The lowest BCUT2D eigenvalue weighted by atomic mass is 10.1. The third kappa shape index (κ3) is 2.80. The molecule has 0 spiro atoms. The lowest BCUT2D eigenvalue weighted by Gasteiger charge is -2.17. The second-order valence-corrected chi connectivity index (χ2v) is 7.07. The third-order valence-electron chi connectivity index (χ3n) is 4.88. The van der Waals surface area contributed by atoms with Gasteiger partial charge in [0, 0.05) is 18.3 Å². The second kappa shape index (κ2) is 6.92. The summed E-state index contributed by atoms with van der Waals surface area (Å²) in [7, 11) is 1.52. The fraction of sp³-hybridized carbons (Fsp3) is 0.158. The lowest BCUT2D eigenvalue weighted by Crippen LogP contribution is -2.35. The molecule has 0 unspecified atom stereocenters. The van der Waals surface area contributed by atoms with Gasteiger partial charge in [-0.1, -0.05) is 17.7 Å². The minimum atomic E-state index is -0.377. The van der Waals surface area contributed by atoms with Crippen LogP contribution in [0.1, 0.15) is 10.5 Å². The van der Waals surface area contributed by atoms with Crippen molar-refractivity contribution in [2.24, 2.45) is 0 Å². The maximum absolute atomic E-state index is 12.7. The van der Waals surface area contributed by atoms with Crippen molar-refractivity contribution < 1.29 is 9.53 Å². The van der Waals surface area contributed by atoms with Crippen molar-refractivity contribution in [1.82, 2.24) is 30.0 Å². The highest BCUT2D eigenvalue weighted by atomic mass is 35.5. The molecular weight excluding hydrogens is 410 g/mol. The predicted octanol–water partition coefficient (Wildman–Crippen LogP) is 2.26. The van der Waals surface area contributed by atoms with E-state index in [2.05, 4.69) is 30.7 Å². The van der Waals surface area contributed by atoms with Crippen LogP contribution in [-0.2, 0) is 6.54 Å². The van der Waals surface area contributed by atoms with Crippen LogP contribution in [-0.4, -0.2) is 44.3 Å². The van der Waals surface area contributed by atoms with Gasteiger partial charge in [0.15, 0.2) is 11.4 Å². The van der Waals surface area contributed by atoms with Gasteiger partial charge in [-0.25, -0.2) is 9.78 Å². The van der Waals surface area contributed by atoms with Crippen molar-refractivity contribution in [3.05, 3.63) is 51.7 Å². The smallest absolute Gasteiger partial charge is 0.325 e. The SMILES string of the molecule is COc1c(Cl)cccc1Nc1c(-c2ccnc3[nH]c(=O)[nH]c23)nn2c1C(=O)NCC2. The van der Waals surface area contributed by atoms with Crippen LogP contribution in [0.2, 0.25) is 5.02 Å².